The number of rotatable bonds is 6. The summed E-state index contributed by atoms with van der Waals surface area (Å²) in [6.07, 6.45) is -3.46. The number of alkyl halides is 3. The molecule has 8 nitrogen and oxygen atoms in total. The van der Waals surface area contributed by atoms with Crippen LogP contribution in [0, 0.1) is 17.0 Å². The van der Waals surface area contributed by atoms with Gasteiger partial charge in [-0.3, -0.25) is 4.79 Å². The third kappa shape index (κ3) is 4.79. The number of nitrogens with zero attached hydrogens (tertiary/aromatic N) is 3. The van der Waals surface area contributed by atoms with E-state index in [-0.39, 0.29) is 36.6 Å². The number of hydrogen-bond acceptors (Lipinski definition) is 5. The number of anilines is 1. The predicted octanol–water partition coefficient (Wildman–Crippen LogP) is 2.61. The average Bonchev–Trinajstić information content (AvgIpc) is 2.93. The topological polar surface area (TPSA) is 116 Å². The maximum Gasteiger partial charge on any atom is 0.416 e. The normalized spacial score (nSPS) is 11.4. The SMILES string of the molecule is Cc1nc([N+](=O)[O-])cn1CCC(=O)Nc1cc(CN)cc(C(F)(F)F)c1. The van der Waals surface area contributed by atoms with E-state index in [4.69, 9.17) is 5.73 Å². The van der Waals surface area contributed by atoms with Gasteiger partial charge in [-0.1, -0.05) is 0 Å². The van der Waals surface area contributed by atoms with Gasteiger partial charge in [0.25, 0.3) is 0 Å². The van der Waals surface area contributed by atoms with Crippen LogP contribution in [0.1, 0.15) is 23.4 Å². The fourth-order valence-corrected chi connectivity index (χ4v) is 2.30. The number of nitrogens with one attached hydrogen (secondary N) is 1. The Labute approximate surface area is 146 Å². The number of imidazole rings is 1. The highest BCUT2D eigenvalue weighted by Gasteiger charge is 2.31. The number of aromatic nitrogens is 2. The number of hydrogen-bond donors (Lipinski definition) is 2. The summed E-state index contributed by atoms with van der Waals surface area (Å²) in [5, 5.41) is 13.1. The lowest BCUT2D eigenvalue weighted by molar-refractivity contribution is -0.389. The van der Waals surface area contributed by atoms with Crippen LogP contribution in [0.15, 0.2) is 24.4 Å². The van der Waals surface area contributed by atoms with E-state index < -0.39 is 22.6 Å². The van der Waals surface area contributed by atoms with Crippen molar-refractivity contribution in [2.75, 3.05) is 5.32 Å². The Hall–Kier alpha value is -2.95. The first kappa shape index (κ1) is 19.4. The Balaban J connectivity index is 2.07. The average molecular weight is 371 g/mol. The Morgan fingerprint density at radius 3 is 2.62 bits per heavy atom. The molecule has 1 aromatic carbocycles. The molecule has 0 unspecified atom stereocenters. The number of nitro groups is 1. The van der Waals surface area contributed by atoms with Gasteiger partial charge in [0.2, 0.25) is 11.7 Å². The van der Waals surface area contributed by atoms with Crippen molar-refractivity contribution >= 4 is 17.4 Å². The van der Waals surface area contributed by atoms with Gasteiger partial charge < -0.3 is 25.7 Å². The molecule has 0 atom stereocenters. The fourth-order valence-electron chi connectivity index (χ4n) is 2.30. The first-order valence-electron chi connectivity index (χ1n) is 7.49. The van der Waals surface area contributed by atoms with Gasteiger partial charge in [-0.15, -0.1) is 0 Å². The lowest BCUT2D eigenvalue weighted by atomic mass is 10.1. The molecule has 0 radical (unpaired) electrons. The van der Waals surface area contributed by atoms with Crippen molar-refractivity contribution in [1.29, 1.82) is 0 Å². The Morgan fingerprint density at radius 1 is 1.38 bits per heavy atom. The molecule has 26 heavy (non-hydrogen) atoms. The number of amides is 1. The van der Waals surface area contributed by atoms with Crippen LogP contribution in [-0.2, 0) is 24.1 Å². The van der Waals surface area contributed by atoms with Crippen molar-refractivity contribution in [2.45, 2.75) is 32.6 Å². The summed E-state index contributed by atoms with van der Waals surface area (Å²) in [5.74, 6) is -0.523. The highest BCUT2D eigenvalue weighted by molar-refractivity contribution is 5.90. The second-order valence-electron chi connectivity index (χ2n) is 5.52. The number of carbonyl (C=O) groups excluding carboxylic acids is 1. The number of nitrogens with two attached hydrogens (primary N) is 1. The molecular weight excluding hydrogens is 355 g/mol. The molecule has 1 aromatic heterocycles. The van der Waals surface area contributed by atoms with Crippen molar-refractivity contribution in [2.24, 2.45) is 5.73 Å². The standard InChI is InChI=1S/C15H16F3N5O3/c1-9-20-13(23(25)26)8-22(9)3-2-14(24)21-12-5-10(7-19)4-11(6-12)15(16,17)18/h4-6,8H,2-3,7,19H2,1H3,(H,21,24). The van der Waals surface area contributed by atoms with Crippen molar-refractivity contribution in [1.82, 2.24) is 9.55 Å². The molecule has 11 heteroatoms. The molecule has 0 aliphatic carbocycles. The highest BCUT2D eigenvalue weighted by Crippen LogP contribution is 2.32. The molecule has 0 aliphatic rings. The lowest BCUT2D eigenvalue weighted by Crippen LogP contribution is -2.16. The third-order valence-corrected chi connectivity index (χ3v) is 3.57. The van der Waals surface area contributed by atoms with Crippen LogP contribution in [0.25, 0.3) is 0 Å². The van der Waals surface area contributed by atoms with E-state index in [0.29, 0.717) is 5.82 Å². The van der Waals surface area contributed by atoms with Crippen molar-refractivity contribution in [3.63, 3.8) is 0 Å². The Morgan fingerprint density at radius 2 is 2.08 bits per heavy atom. The third-order valence-electron chi connectivity index (χ3n) is 3.57. The van der Waals surface area contributed by atoms with E-state index in [1.165, 1.54) is 16.8 Å². The van der Waals surface area contributed by atoms with Crippen LogP contribution in [0.4, 0.5) is 24.7 Å². The van der Waals surface area contributed by atoms with Crippen molar-refractivity contribution in [3.05, 3.63) is 51.5 Å². The highest BCUT2D eigenvalue weighted by atomic mass is 19.4. The van der Waals surface area contributed by atoms with Crippen LogP contribution >= 0.6 is 0 Å². The molecule has 0 bridgehead atoms. The van der Waals surface area contributed by atoms with Gasteiger partial charge in [0.15, 0.2) is 0 Å². The number of halogens is 3. The van der Waals surface area contributed by atoms with E-state index in [0.717, 1.165) is 12.1 Å². The van der Waals surface area contributed by atoms with Crippen LogP contribution in [0.2, 0.25) is 0 Å². The van der Waals surface area contributed by atoms with Gasteiger partial charge in [-0.05, 0) is 33.7 Å². The number of aryl methyl sites for hydroxylation is 2. The minimum Gasteiger partial charge on any atom is -0.358 e. The Kier molecular flexibility index (Phi) is 5.60. The first-order valence-corrected chi connectivity index (χ1v) is 7.49. The van der Waals surface area contributed by atoms with Crippen LogP contribution in [0.5, 0.6) is 0 Å². The zero-order chi connectivity index (χ0) is 19.5. The monoisotopic (exact) mass is 371 g/mol. The van der Waals surface area contributed by atoms with Crippen molar-refractivity contribution < 1.29 is 22.9 Å². The summed E-state index contributed by atoms with van der Waals surface area (Å²) in [7, 11) is 0. The number of carbonyl (C=O) groups is 1. The molecule has 0 saturated carbocycles. The van der Waals surface area contributed by atoms with Gasteiger partial charge in [0, 0.05) is 32.1 Å². The zero-order valence-electron chi connectivity index (χ0n) is 13.7. The van der Waals surface area contributed by atoms with Gasteiger partial charge in [0.1, 0.15) is 6.20 Å². The van der Waals surface area contributed by atoms with Crippen LogP contribution < -0.4 is 11.1 Å². The number of benzene rings is 1. The van der Waals surface area contributed by atoms with E-state index >= 15 is 0 Å². The summed E-state index contributed by atoms with van der Waals surface area (Å²) < 4.78 is 40.1. The molecule has 3 N–H and O–H groups in total. The minimum absolute atomic E-state index is 0.0152. The summed E-state index contributed by atoms with van der Waals surface area (Å²) in [6, 6.07) is 3.11. The van der Waals surface area contributed by atoms with Crippen LogP contribution in [0.3, 0.4) is 0 Å². The summed E-state index contributed by atoms with van der Waals surface area (Å²) in [4.78, 5) is 25.7. The van der Waals surface area contributed by atoms with E-state index in [1.54, 1.807) is 6.92 Å². The molecule has 0 aliphatic heterocycles. The smallest absolute Gasteiger partial charge is 0.358 e. The first-order chi connectivity index (χ1) is 12.1. The molecule has 1 amide bonds. The van der Waals surface area contributed by atoms with Gasteiger partial charge >= 0.3 is 12.0 Å². The van der Waals surface area contributed by atoms with Gasteiger partial charge in [-0.25, -0.2) is 0 Å². The largest absolute Gasteiger partial charge is 0.416 e. The zero-order valence-corrected chi connectivity index (χ0v) is 13.7. The molecular formula is C15H16F3N5O3. The molecule has 0 fully saturated rings. The van der Waals surface area contributed by atoms with Crippen LogP contribution in [-0.4, -0.2) is 20.4 Å². The predicted molar refractivity (Wildman–Crippen MR) is 86.2 cm³/mol. The summed E-state index contributed by atoms with van der Waals surface area (Å²) >= 11 is 0. The molecule has 0 saturated heterocycles. The quantitative estimate of drug-likeness (QED) is 0.598. The summed E-state index contributed by atoms with van der Waals surface area (Å²) in [5.41, 5.74) is 4.71. The molecule has 140 valence electrons. The van der Waals surface area contributed by atoms with E-state index in [1.807, 2.05) is 0 Å². The van der Waals surface area contributed by atoms with Gasteiger partial charge in [0.05, 0.1) is 5.56 Å². The van der Waals surface area contributed by atoms with Crippen molar-refractivity contribution in [3.8, 4) is 0 Å². The Bertz CT molecular complexity index is 832. The summed E-state index contributed by atoms with van der Waals surface area (Å²) in [6.45, 7) is 1.54. The molecule has 1 heterocycles. The van der Waals surface area contributed by atoms with E-state index in [2.05, 4.69) is 10.3 Å². The van der Waals surface area contributed by atoms with E-state index in [9.17, 15) is 28.1 Å². The second-order valence-corrected chi connectivity index (χ2v) is 5.52. The second kappa shape index (κ2) is 7.52. The minimum atomic E-state index is -4.56. The van der Waals surface area contributed by atoms with Gasteiger partial charge in [-0.2, -0.15) is 13.2 Å². The fraction of sp³-hybridized carbons (Fsp3) is 0.333. The maximum absolute atomic E-state index is 12.9. The maximum atomic E-state index is 12.9. The molecule has 2 rings (SSSR count). The molecule has 0 spiro atoms. The lowest BCUT2D eigenvalue weighted by Gasteiger charge is -2.12. The molecule has 2 aromatic rings.